The summed E-state index contributed by atoms with van der Waals surface area (Å²) in [6.45, 7) is 2.53. The number of aromatic nitrogens is 3. The van der Waals surface area contributed by atoms with Gasteiger partial charge in [-0.3, -0.25) is 0 Å². The van der Waals surface area contributed by atoms with Gasteiger partial charge in [0.15, 0.2) is 0 Å². The van der Waals surface area contributed by atoms with Crippen LogP contribution in [-0.4, -0.2) is 45.8 Å². The predicted molar refractivity (Wildman–Crippen MR) is 75.4 cm³/mol. The lowest BCUT2D eigenvalue weighted by molar-refractivity contribution is 0.182. The molecule has 0 aromatic carbocycles. The van der Waals surface area contributed by atoms with E-state index in [9.17, 15) is 4.79 Å². The van der Waals surface area contributed by atoms with Crippen LogP contribution in [0.25, 0.3) is 0 Å². The standard InChI is InChI=1S/C14H23N5O/c1-18(10-11-4-2-5-11)14(20)15-8-7-13-17-16-12-6-3-9-19(12)13/h11H,2-10H2,1H3,(H,15,20). The van der Waals surface area contributed by atoms with Crippen molar-refractivity contribution in [1.29, 1.82) is 0 Å². The zero-order chi connectivity index (χ0) is 13.9. The molecule has 0 unspecified atom stereocenters. The van der Waals surface area contributed by atoms with E-state index in [0.717, 1.165) is 44.0 Å². The zero-order valence-electron chi connectivity index (χ0n) is 12.1. The number of aryl methyl sites for hydroxylation is 1. The van der Waals surface area contributed by atoms with Crippen molar-refractivity contribution in [3.8, 4) is 0 Å². The van der Waals surface area contributed by atoms with Gasteiger partial charge in [0.1, 0.15) is 11.6 Å². The Hall–Kier alpha value is -1.59. The van der Waals surface area contributed by atoms with Crippen molar-refractivity contribution in [2.45, 2.75) is 45.1 Å². The van der Waals surface area contributed by atoms with Gasteiger partial charge in [-0.05, 0) is 25.2 Å². The van der Waals surface area contributed by atoms with Gasteiger partial charge in [0.05, 0.1) is 0 Å². The predicted octanol–water partition coefficient (Wildman–Crippen LogP) is 1.21. The molecule has 0 atom stereocenters. The van der Waals surface area contributed by atoms with Crippen LogP contribution in [0.4, 0.5) is 4.79 Å². The number of nitrogens with one attached hydrogen (secondary N) is 1. The Labute approximate surface area is 119 Å². The minimum absolute atomic E-state index is 0.0260. The van der Waals surface area contributed by atoms with Crippen molar-refractivity contribution in [2.75, 3.05) is 20.1 Å². The Balaban J connectivity index is 1.41. The number of urea groups is 1. The van der Waals surface area contributed by atoms with Gasteiger partial charge in [-0.15, -0.1) is 10.2 Å². The Bertz CT molecular complexity index is 480. The molecule has 110 valence electrons. The highest BCUT2D eigenvalue weighted by Gasteiger charge is 2.21. The molecule has 2 heterocycles. The van der Waals surface area contributed by atoms with E-state index in [1.54, 1.807) is 4.90 Å². The number of amides is 2. The molecule has 1 aromatic heterocycles. The van der Waals surface area contributed by atoms with Gasteiger partial charge < -0.3 is 14.8 Å². The SMILES string of the molecule is CN(CC1CCC1)C(=O)NCCc1nnc2n1CCC2. The number of fused-ring (bicyclic) bond motifs is 1. The third-order valence-corrected chi connectivity index (χ3v) is 4.41. The molecule has 1 N–H and O–H groups in total. The third kappa shape index (κ3) is 2.78. The van der Waals surface area contributed by atoms with Crippen LogP contribution in [0.2, 0.25) is 0 Å². The fraction of sp³-hybridized carbons (Fsp3) is 0.786. The lowest BCUT2D eigenvalue weighted by atomic mass is 9.85. The Morgan fingerprint density at radius 3 is 3.00 bits per heavy atom. The summed E-state index contributed by atoms with van der Waals surface area (Å²) in [6, 6.07) is 0.0260. The number of nitrogens with zero attached hydrogens (tertiary/aromatic N) is 4. The Kier molecular flexibility index (Phi) is 3.89. The minimum atomic E-state index is 0.0260. The van der Waals surface area contributed by atoms with Gasteiger partial charge >= 0.3 is 6.03 Å². The van der Waals surface area contributed by atoms with Crippen molar-refractivity contribution < 1.29 is 4.79 Å². The summed E-state index contributed by atoms with van der Waals surface area (Å²) in [6.07, 6.45) is 6.80. The third-order valence-electron chi connectivity index (χ3n) is 4.41. The van der Waals surface area contributed by atoms with E-state index < -0.39 is 0 Å². The molecule has 6 heteroatoms. The van der Waals surface area contributed by atoms with Crippen LogP contribution in [0.1, 0.15) is 37.3 Å². The molecular weight excluding hydrogens is 254 g/mol. The maximum absolute atomic E-state index is 12.0. The van der Waals surface area contributed by atoms with Gasteiger partial charge in [0.25, 0.3) is 0 Å². The number of carbonyl (C=O) groups is 1. The second kappa shape index (κ2) is 5.81. The first-order valence-corrected chi connectivity index (χ1v) is 7.64. The van der Waals surface area contributed by atoms with Crippen LogP contribution in [0.3, 0.4) is 0 Å². The molecule has 6 nitrogen and oxygen atoms in total. The van der Waals surface area contributed by atoms with E-state index in [0.29, 0.717) is 12.5 Å². The highest BCUT2D eigenvalue weighted by molar-refractivity contribution is 5.73. The molecule has 1 aliphatic carbocycles. The van der Waals surface area contributed by atoms with Crippen molar-refractivity contribution in [3.63, 3.8) is 0 Å². The van der Waals surface area contributed by atoms with Crippen LogP contribution < -0.4 is 5.32 Å². The zero-order valence-corrected chi connectivity index (χ0v) is 12.1. The summed E-state index contributed by atoms with van der Waals surface area (Å²) < 4.78 is 2.18. The van der Waals surface area contributed by atoms with Crippen LogP contribution in [0.15, 0.2) is 0 Å². The van der Waals surface area contributed by atoms with E-state index in [-0.39, 0.29) is 6.03 Å². The van der Waals surface area contributed by atoms with Crippen LogP contribution in [-0.2, 0) is 19.4 Å². The van der Waals surface area contributed by atoms with E-state index in [1.807, 2.05) is 7.05 Å². The minimum Gasteiger partial charge on any atom is -0.338 e. The van der Waals surface area contributed by atoms with Crippen molar-refractivity contribution in [2.24, 2.45) is 5.92 Å². The highest BCUT2D eigenvalue weighted by Crippen LogP contribution is 2.26. The van der Waals surface area contributed by atoms with Gasteiger partial charge in [-0.1, -0.05) is 6.42 Å². The van der Waals surface area contributed by atoms with Gasteiger partial charge in [0, 0.05) is 39.5 Å². The van der Waals surface area contributed by atoms with Gasteiger partial charge in [-0.25, -0.2) is 4.79 Å². The van der Waals surface area contributed by atoms with Crippen LogP contribution in [0.5, 0.6) is 0 Å². The summed E-state index contributed by atoms with van der Waals surface area (Å²) in [5, 5.41) is 11.3. The second-order valence-electron chi connectivity index (χ2n) is 5.95. The summed E-state index contributed by atoms with van der Waals surface area (Å²) in [7, 11) is 1.88. The largest absolute Gasteiger partial charge is 0.338 e. The molecule has 1 aromatic rings. The van der Waals surface area contributed by atoms with Crippen molar-refractivity contribution >= 4 is 6.03 Å². The Morgan fingerprint density at radius 1 is 1.40 bits per heavy atom. The number of carbonyl (C=O) groups excluding carboxylic acids is 1. The molecular formula is C14H23N5O. The first-order valence-electron chi connectivity index (χ1n) is 7.64. The normalized spacial score (nSPS) is 17.6. The van der Waals surface area contributed by atoms with Gasteiger partial charge in [-0.2, -0.15) is 0 Å². The Morgan fingerprint density at radius 2 is 2.25 bits per heavy atom. The van der Waals surface area contributed by atoms with Gasteiger partial charge in [0.2, 0.25) is 0 Å². The van der Waals surface area contributed by atoms with Crippen molar-refractivity contribution in [3.05, 3.63) is 11.6 Å². The summed E-state index contributed by atoms with van der Waals surface area (Å²) in [5.41, 5.74) is 0. The molecule has 1 saturated carbocycles. The molecule has 20 heavy (non-hydrogen) atoms. The molecule has 1 fully saturated rings. The molecule has 0 spiro atoms. The maximum atomic E-state index is 12.0. The first-order chi connectivity index (χ1) is 9.74. The van der Waals surface area contributed by atoms with Crippen molar-refractivity contribution in [1.82, 2.24) is 25.0 Å². The monoisotopic (exact) mass is 277 g/mol. The molecule has 2 amide bonds. The molecule has 1 aliphatic heterocycles. The second-order valence-corrected chi connectivity index (χ2v) is 5.95. The smallest absolute Gasteiger partial charge is 0.317 e. The summed E-state index contributed by atoms with van der Waals surface area (Å²) in [4.78, 5) is 13.8. The summed E-state index contributed by atoms with van der Waals surface area (Å²) in [5.74, 6) is 2.80. The number of hydrogen-bond donors (Lipinski definition) is 1. The first kappa shape index (κ1) is 13.4. The fourth-order valence-electron chi connectivity index (χ4n) is 2.96. The fourth-order valence-corrected chi connectivity index (χ4v) is 2.96. The topological polar surface area (TPSA) is 63.1 Å². The summed E-state index contributed by atoms with van der Waals surface area (Å²) >= 11 is 0. The van der Waals surface area contributed by atoms with E-state index in [4.69, 9.17) is 0 Å². The molecule has 0 bridgehead atoms. The van der Waals surface area contributed by atoms with E-state index >= 15 is 0 Å². The van der Waals surface area contributed by atoms with Crippen LogP contribution in [0, 0.1) is 5.92 Å². The number of hydrogen-bond acceptors (Lipinski definition) is 3. The molecule has 0 radical (unpaired) electrons. The van der Waals surface area contributed by atoms with Crippen LogP contribution >= 0.6 is 0 Å². The number of rotatable bonds is 5. The van der Waals surface area contributed by atoms with E-state index in [2.05, 4.69) is 20.1 Å². The molecule has 3 rings (SSSR count). The quantitative estimate of drug-likeness (QED) is 0.880. The lowest BCUT2D eigenvalue weighted by Crippen LogP contribution is -2.41. The lowest BCUT2D eigenvalue weighted by Gasteiger charge is -2.30. The maximum Gasteiger partial charge on any atom is 0.317 e. The average Bonchev–Trinajstić information content (AvgIpc) is 2.97. The highest BCUT2D eigenvalue weighted by atomic mass is 16.2. The molecule has 2 aliphatic rings. The molecule has 0 saturated heterocycles. The van der Waals surface area contributed by atoms with E-state index in [1.165, 1.54) is 19.3 Å². The average molecular weight is 277 g/mol.